The van der Waals surface area contributed by atoms with E-state index in [1.54, 1.807) is 18.2 Å². The van der Waals surface area contributed by atoms with E-state index in [4.69, 9.17) is 22.6 Å². The maximum Gasteiger partial charge on any atom is 0.530 e. The van der Waals surface area contributed by atoms with Crippen molar-refractivity contribution >= 4 is 22.3 Å². The molecule has 0 heterocycles. The fraction of sp³-hybridized carbons (Fsp3) is 0.342. The smallest absolute Gasteiger partial charge is 0.423 e. The van der Waals surface area contributed by atoms with Crippen LogP contribution in [-0.2, 0) is 49.3 Å². The molecule has 262 valence electrons. The molecular weight excluding hydrogens is 660 g/mol. The fourth-order valence-electron chi connectivity index (χ4n) is 4.77. The Hall–Kier alpha value is -3.55. The van der Waals surface area contributed by atoms with Gasteiger partial charge in [-0.15, -0.1) is 0 Å². The van der Waals surface area contributed by atoms with Gasteiger partial charge in [0.1, 0.15) is 0 Å². The van der Waals surface area contributed by atoms with Crippen molar-refractivity contribution in [1.82, 2.24) is 5.32 Å². The van der Waals surface area contributed by atoms with E-state index >= 15 is 0 Å². The molecule has 1 amide bonds. The Bertz CT molecular complexity index is 1530. The molecule has 4 aromatic rings. The van der Waals surface area contributed by atoms with Crippen molar-refractivity contribution in [2.24, 2.45) is 5.92 Å². The highest BCUT2D eigenvalue weighted by atomic mass is 31.2. The highest BCUT2D eigenvalue weighted by molar-refractivity contribution is 7.48. The maximum atomic E-state index is 14.2. The summed E-state index contributed by atoms with van der Waals surface area (Å²) < 4.78 is 43.2. The lowest BCUT2D eigenvalue weighted by molar-refractivity contribution is -0.121. The minimum Gasteiger partial charge on any atom is -0.423 e. The van der Waals surface area contributed by atoms with Gasteiger partial charge < -0.3 is 19.3 Å². The summed E-state index contributed by atoms with van der Waals surface area (Å²) in [6, 6.07) is 32.8. The molecule has 1 unspecified atom stereocenters. The quantitative estimate of drug-likeness (QED) is 0.0613. The fourth-order valence-corrected chi connectivity index (χ4v) is 6.58. The van der Waals surface area contributed by atoms with E-state index in [9.17, 15) is 14.3 Å². The molecule has 4 aromatic carbocycles. The van der Waals surface area contributed by atoms with Crippen molar-refractivity contribution in [3.8, 4) is 11.5 Å². The summed E-state index contributed by atoms with van der Waals surface area (Å²) in [7, 11) is -6.67. The molecule has 1 atom stereocenters. The Morgan fingerprint density at radius 2 is 1.27 bits per heavy atom. The molecule has 0 saturated carbocycles. The highest BCUT2D eigenvalue weighted by Gasteiger charge is 2.31. The number of nitrogens with one attached hydrogen (secondary N) is 1. The summed E-state index contributed by atoms with van der Waals surface area (Å²) in [6.45, 7) is 4.70. The van der Waals surface area contributed by atoms with Gasteiger partial charge in [0.2, 0.25) is 5.91 Å². The van der Waals surface area contributed by atoms with Gasteiger partial charge in [-0.2, -0.15) is 0 Å². The van der Waals surface area contributed by atoms with Crippen LogP contribution in [0, 0.1) is 5.92 Å². The predicted octanol–water partition coefficient (Wildman–Crippen LogP) is 10.0. The molecule has 0 radical (unpaired) electrons. The van der Waals surface area contributed by atoms with E-state index in [0.717, 1.165) is 36.0 Å². The average Bonchev–Trinajstić information content (AvgIpc) is 3.12. The highest BCUT2D eigenvalue weighted by Crippen LogP contribution is 2.54. The van der Waals surface area contributed by atoms with Crippen LogP contribution in [0.25, 0.3) is 0 Å². The molecule has 49 heavy (non-hydrogen) atoms. The van der Waals surface area contributed by atoms with E-state index in [0.29, 0.717) is 17.9 Å². The largest absolute Gasteiger partial charge is 0.530 e. The zero-order valence-electron chi connectivity index (χ0n) is 28.2. The molecular formula is C38H47NO8P2. The van der Waals surface area contributed by atoms with Crippen molar-refractivity contribution in [3.05, 3.63) is 131 Å². The number of hydrogen-bond donors (Lipinski definition) is 2. The van der Waals surface area contributed by atoms with Gasteiger partial charge in [-0.25, -0.2) is 4.57 Å². The Morgan fingerprint density at radius 1 is 0.714 bits per heavy atom. The van der Waals surface area contributed by atoms with Crippen LogP contribution < -0.4 is 14.4 Å². The number of amides is 1. The van der Waals surface area contributed by atoms with E-state index < -0.39 is 16.4 Å². The third kappa shape index (κ3) is 14.8. The van der Waals surface area contributed by atoms with Crippen LogP contribution in [-0.4, -0.2) is 10.8 Å². The van der Waals surface area contributed by atoms with Gasteiger partial charge >= 0.3 is 16.4 Å². The lowest BCUT2D eigenvalue weighted by Gasteiger charge is -2.21. The summed E-state index contributed by atoms with van der Waals surface area (Å²) in [4.78, 5) is 23.3. The van der Waals surface area contributed by atoms with Crippen molar-refractivity contribution in [1.29, 1.82) is 0 Å². The number of carbonyl (C=O) groups excluding carboxylic acids is 1. The number of hydrogen-bond acceptors (Lipinski definition) is 8. The first-order valence-electron chi connectivity index (χ1n) is 16.7. The van der Waals surface area contributed by atoms with E-state index in [2.05, 4.69) is 19.2 Å². The lowest BCUT2D eigenvalue weighted by Crippen LogP contribution is -2.22. The van der Waals surface area contributed by atoms with Crippen LogP contribution in [0.2, 0.25) is 0 Å². The number of unbranched alkanes of at least 4 members (excludes halogenated alkanes) is 3. The van der Waals surface area contributed by atoms with E-state index in [-0.39, 0.29) is 43.8 Å². The standard InChI is InChI=1S/C38H47NO8P2/c1-31(2)16-8-3-4-15-23-38(40)39-27-35-24-25-36(46-48(41)43-28-32-17-9-5-10-18-32)37(26-35)47-49(42,44-29-33-19-11-6-12-20-33)45-30-34-21-13-7-14-22-34/h5-7,9-14,17-22,24-26,31,41H,3-4,8,15-16,23,27-30H2,1-2H3,(H,39,40). The van der Waals surface area contributed by atoms with Crippen LogP contribution in [0.3, 0.4) is 0 Å². The summed E-state index contributed by atoms with van der Waals surface area (Å²) >= 11 is 0. The van der Waals surface area contributed by atoms with Gasteiger partial charge in [0.25, 0.3) is 0 Å². The van der Waals surface area contributed by atoms with Crippen molar-refractivity contribution in [2.75, 3.05) is 0 Å². The molecule has 0 fully saturated rings. The second kappa shape index (κ2) is 20.8. The average molecular weight is 708 g/mol. The van der Waals surface area contributed by atoms with Gasteiger partial charge in [-0.3, -0.25) is 18.4 Å². The molecule has 0 bridgehead atoms. The van der Waals surface area contributed by atoms with E-state index in [1.807, 2.05) is 91.0 Å². The first-order valence-corrected chi connectivity index (χ1v) is 19.3. The van der Waals surface area contributed by atoms with Crippen LogP contribution in [0.1, 0.15) is 74.6 Å². The lowest BCUT2D eigenvalue weighted by atomic mass is 10.0. The summed E-state index contributed by atoms with van der Waals surface area (Å²) in [5.41, 5.74) is 3.07. The van der Waals surface area contributed by atoms with Gasteiger partial charge in [0.15, 0.2) is 11.5 Å². The molecule has 4 rings (SSSR count). The molecule has 0 aliphatic heterocycles. The summed E-state index contributed by atoms with van der Waals surface area (Å²) in [5, 5.41) is 2.95. The second-order valence-electron chi connectivity index (χ2n) is 12.0. The summed E-state index contributed by atoms with van der Waals surface area (Å²) in [5.74, 6) is 0.721. The topological polar surface area (TPSA) is 113 Å². The third-order valence-electron chi connectivity index (χ3n) is 7.47. The van der Waals surface area contributed by atoms with Gasteiger partial charge in [-0.1, -0.05) is 137 Å². The number of phosphoric ester groups is 1. The molecule has 0 saturated heterocycles. The van der Waals surface area contributed by atoms with Gasteiger partial charge in [-0.05, 0) is 46.7 Å². The number of phosphoric acid groups is 1. The van der Waals surface area contributed by atoms with Crippen molar-refractivity contribution in [3.63, 3.8) is 0 Å². The monoisotopic (exact) mass is 707 g/mol. The zero-order chi connectivity index (χ0) is 34.7. The second-order valence-corrected chi connectivity index (χ2v) is 14.6. The van der Waals surface area contributed by atoms with E-state index in [1.165, 1.54) is 12.8 Å². The number of carbonyl (C=O) groups is 1. The minimum atomic E-state index is -4.28. The SMILES string of the molecule is CC(C)CCCCCCC(=O)NCc1ccc(OP(O)OCc2ccccc2)c(OP(=O)(OCc2ccccc2)OCc2ccccc2)c1. The Kier molecular flexibility index (Phi) is 16.3. The first kappa shape index (κ1) is 38.3. The van der Waals surface area contributed by atoms with Crippen molar-refractivity contribution < 1.29 is 36.9 Å². The molecule has 0 spiro atoms. The Labute approximate surface area is 291 Å². The molecule has 11 heteroatoms. The molecule has 0 aliphatic rings. The zero-order valence-corrected chi connectivity index (χ0v) is 30.0. The third-order valence-corrected chi connectivity index (χ3v) is 9.48. The minimum absolute atomic E-state index is 0.00576. The number of rotatable bonds is 22. The van der Waals surface area contributed by atoms with Crippen LogP contribution in [0.5, 0.6) is 11.5 Å². The van der Waals surface area contributed by atoms with Gasteiger partial charge in [0.05, 0.1) is 19.8 Å². The van der Waals surface area contributed by atoms with Gasteiger partial charge in [0, 0.05) is 13.0 Å². The normalized spacial score (nSPS) is 12.1. The maximum absolute atomic E-state index is 14.2. The van der Waals surface area contributed by atoms with Crippen LogP contribution >= 0.6 is 16.4 Å². The first-order chi connectivity index (χ1) is 23.8. The summed E-state index contributed by atoms with van der Waals surface area (Å²) in [6.07, 6.45) is 5.79. The van der Waals surface area contributed by atoms with Crippen molar-refractivity contribution in [2.45, 2.75) is 78.7 Å². The molecule has 9 nitrogen and oxygen atoms in total. The van der Waals surface area contributed by atoms with Crippen LogP contribution in [0.4, 0.5) is 0 Å². The number of benzene rings is 4. The predicted molar refractivity (Wildman–Crippen MR) is 193 cm³/mol. The molecule has 2 N–H and O–H groups in total. The molecule has 0 aliphatic carbocycles. The Morgan fingerprint density at radius 3 is 1.84 bits per heavy atom. The van der Waals surface area contributed by atoms with Crippen LogP contribution in [0.15, 0.2) is 109 Å². The Balaban J connectivity index is 1.48. The molecule has 0 aromatic heterocycles.